The molecule has 0 spiro atoms. The molecule has 0 aliphatic carbocycles. The number of piperidine rings is 2. The Morgan fingerprint density at radius 3 is 1.37 bits per heavy atom. The third-order valence-corrected chi connectivity index (χ3v) is 12.4. The third kappa shape index (κ3) is 5.47. The highest BCUT2D eigenvalue weighted by Crippen LogP contribution is 2.49. The molecule has 3 aromatic heterocycles. The number of carbonyl (C=O) groups is 2. The van der Waals surface area contributed by atoms with Crippen LogP contribution in [0.5, 0.6) is 0 Å². The molecule has 10 nitrogen and oxygen atoms in total. The Bertz CT molecular complexity index is 1380. The number of rotatable bonds is 6. The van der Waals surface area contributed by atoms with Crippen LogP contribution in [0.15, 0.2) is 12.4 Å². The van der Waals surface area contributed by atoms with Crippen molar-refractivity contribution in [2.45, 2.75) is 63.9 Å². The fraction of sp³-hybridized carbons (Fsp3) is 0.600. The smallest absolute Gasteiger partial charge is 0.256 e. The second-order valence-electron chi connectivity index (χ2n) is 11.6. The van der Waals surface area contributed by atoms with Crippen molar-refractivity contribution in [1.82, 2.24) is 19.8 Å². The summed E-state index contributed by atoms with van der Waals surface area (Å²) in [6.45, 7) is 8.50. The molecule has 0 unspecified atom stereocenters. The number of amides is 2. The fourth-order valence-corrected chi connectivity index (χ4v) is 9.58. The molecule has 4 saturated heterocycles. The van der Waals surface area contributed by atoms with Crippen LogP contribution in [0.1, 0.15) is 83.1 Å². The number of likely N-dealkylation sites (tertiary alicyclic amines) is 2. The molecule has 0 aromatic carbocycles. The van der Waals surface area contributed by atoms with E-state index in [1.54, 1.807) is 12.4 Å². The molecular weight excluding hydrogens is 609 g/mol. The number of carbonyl (C=O) groups excluding carboxylic acids is 2. The molecule has 3 aromatic rings. The van der Waals surface area contributed by atoms with Crippen molar-refractivity contribution in [3.05, 3.63) is 33.5 Å². The zero-order valence-electron chi connectivity index (χ0n) is 24.5. The Labute approximate surface area is 262 Å². The van der Waals surface area contributed by atoms with Crippen molar-refractivity contribution in [3.8, 4) is 19.5 Å². The average Bonchev–Trinajstić information content (AvgIpc) is 3.87. The first-order chi connectivity index (χ1) is 20.9. The SMILES string of the molecule is CC1(c2ncc(-c3sc(-c4cnc(C5(C)OCCO5)s4)c(C(=O)N4CCCCC4)c3C(=O)N3CCCCC3)s2)OCCO1. The first kappa shape index (κ1) is 29.5. The van der Waals surface area contributed by atoms with Gasteiger partial charge in [-0.05, 0) is 52.4 Å². The lowest BCUT2D eigenvalue weighted by molar-refractivity contribution is -0.150. The van der Waals surface area contributed by atoms with Crippen molar-refractivity contribution < 1.29 is 28.5 Å². The number of ether oxygens (including phenoxy) is 4. The van der Waals surface area contributed by atoms with E-state index < -0.39 is 11.6 Å². The number of thiophene rings is 1. The zero-order chi connectivity index (χ0) is 29.6. The summed E-state index contributed by atoms with van der Waals surface area (Å²) < 4.78 is 23.6. The van der Waals surface area contributed by atoms with Crippen molar-refractivity contribution in [1.29, 1.82) is 0 Å². The van der Waals surface area contributed by atoms with Crippen molar-refractivity contribution in [2.75, 3.05) is 52.6 Å². The van der Waals surface area contributed by atoms with Crippen LogP contribution in [0.3, 0.4) is 0 Å². The van der Waals surface area contributed by atoms with E-state index in [1.165, 1.54) is 34.0 Å². The van der Waals surface area contributed by atoms with Gasteiger partial charge < -0.3 is 28.7 Å². The topological polar surface area (TPSA) is 103 Å². The highest BCUT2D eigenvalue weighted by atomic mass is 32.1. The number of thiazole rings is 2. The normalized spacial score (nSPS) is 21.9. The van der Waals surface area contributed by atoms with Gasteiger partial charge in [-0.25, -0.2) is 9.97 Å². The monoisotopic (exact) mass is 644 g/mol. The van der Waals surface area contributed by atoms with E-state index in [-0.39, 0.29) is 11.8 Å². The van der Waals surface area contributed by atoms with E-state index >= 15 is 0 Å². The maximum Gasteiger partial charge on any atom is 0.256 e. The van der Waals surface area contributed by atoms with Crippen LogP contribution >= 0.6 is 34.0 Å². The third-order valence-electron chi connectivity index (χ3n) is 8.54. The maximum absolute atomic E-state index is 14.5. The van der Waals surface area contributed by atoms with Gasteiger partial charge in [-0.1, -0.05) is 0 Å². The minimum Gasteiger partial charge on any atom is -0.342 e. The molecule has 0 N–H and O–H groups in total. The summed E-state index contributed by atoms with van der Waals surface area (Å²) in [5.74, 6) is -2.02. The number of aromatic nitrogens is 2. The van der Waals surface area contributed by atoms with Gasteiger partial charge in [0.15, 0.2) is 10.0 Å². The van der Waals surface area contributed by atoms with Crippen molar-refractivity contribution >= 4 is 45.8 Å². The Morgan fingerprint density at radius 2 is 1.00 bits per heavy atom. The second-order valence-corrected chi connectivity index (χ2v) is 14.6. The first-order valence-electron chi connectivity index (χ1n) is 15.1. The molecule has 0 bridgehead atoms. The molecule has 0 atom stereocenters. The minimum atomic E-state index is -0.921. The van der Waals surface area contributed by atoms with Gasteiger partial charge >= 0.3 is 0 Å². The Hall–Kier alpha value is -2.26. The molecule has 43 heavy (non-hydrogen) atoms. The van der Waals surface area contributed by atoms with E-state index in [2.05, 4.69) is 9.97 Å². The Morgan fingerprint density at radius 1 is 0.628 bits per heavy atom. The number of hydrogen-bond donors (Lipinski definition) is 0. The van der Waals surface area contributed by atoms with Crippen LogP contribution in [0.25, 0.3) is 19.5 Å². The maximum atomic E-state index is 14.5. The van der Waals surface area contributed by atoms with E-state index in [1.807, 2.05) is 23.6 Å². The molecular formula is C30H36N4O6S3. The second kappa shape index (κ2) is 11.9. The van der Waals surface area contributed by atoms with Crippen molar-refractivity contribution in [2.24, 2.45) is 0 Å². The quantitative estimate of drug-likeness (QED) is 0.338. The lowest BCUT2D eigenvalue weighted by Gasteiger charge is -2.29. The zero-order valence-corrected chi connectivity index (χ0v) is 27.0. The minimum absolute atomic E-state index is 0.0914. The van der Waals surface area contributed by atoms with Crippen molar-refractivity contribution in [3.63, 3.8) is 0 Å². The van der Waals surface area contributed by atoms with Crippen LogP contribution in [-0.2, 0) is 30.5 Å². The molecule has 7 heterocycles. The molecule has 0 saturated carbocycles. The first-order valence-corrected chi connectivity index (χ1v) is 17.6. The average molecular weight is 645 g/mol. The van der Waals surface area contributed by atoms with Gasteiger partial charge in [0.2, 0.25) is 11.6 Å². The van der Waals surface area contributed by atoms with Gasteiger partial charge in [0, 0.05) is 38.6 Å². The van der Waals surface area contributed by atoms with Gasteiger partial charge in [0.05, 0.1) is 57.1 Å². The molecule has 230 valence electrons. The molecule has 0 radical (unpaired) electrons. The molecule has 4 aliphatic heterocycles. The Balaban J connectivity index is 1.39. The largest absolute Gasteiger partial charge is 0.342 e. The van der Waals surface area contributed by atoms with Crippen LogP contribution in [0, 0.1) is 0 Å². The summed E-state index contributed by atoms with van der Waals surface area (Å²) in [7, 11) is 0. The van der Waals surface area contributed by atoms with E-state index in [0.717, 1.165) is 58.0 Å². The number of nitrogens with zero attached hydrogens (tertiary/aromatic N) is 4. The van der Waals surface area contributed by atoms with Gasteiger partial charge in [-0.2, -0.15) is 0 Å². The predicted octanol–water partition coefficient (Wildman–Crippen LogP) is 5.69. The summed E-state index contributed by atoms with van der Waals surface area (Å²) in [6, 6.07) is 0. The summed E-state index contributed by atoms with van der Waals surface area (Å²) in [4.78, 5) is 45.3. The molecule has 7 rings (SSSR count). The summed E-state index contributed by atoms with van der Waals surface area (Å²) in [6.07, 6.45) is 9.62. The fourth-order valence-electron chi connectivity index (χ4n) is 6.15. The van der Waals surface area contributed by atoms with Gasteiger partial charge in [0.25, 0.3) is 11.8 Å². The highest BCUT2D eigenvalue weighted by molar-refractivity contribution is 7.27. The van der Waals surface area contributed by atoms with Crippen LogP contribution < -0.4 is 0 Å². The lowest BCUT2D eigenvalue weighted by Crippen LogP contribution is -2.39. The Kier molecular flexibility index (Phi) is 8.16. The summed E-state index contributed by atoms with van der Waals surface area (Å²) >= 11 is 4.37. The number of hydrogen-bond acceptors (Lipinski definition) is 11. The van der Waals surface area contributed by atoms with Crippen LogP contribution in [-0.4, -0.2) is 84.2 Å². The standard InChI is InChI=1S/C30H36N4O6S3/c1-29(37-13-14-38-29)27-31-17-19(41-27)23-21(25(35)33-9-5-3-6-10-33)22(26(36)34-11-7-4-8-12-34)24(43-23)20-18-32-28(42-20)30(2)39-15-16-40-30/h17-18H,3-16H2,1-2H3. The van der Waals surface area contributed by atoms with Gasteiger partial charge in [-0.3, -0.25) is 9.59 Å². The van der Waals surface area contributed by atoms with E-state index in [0.29, 0.717) is 73.7 Å². The highest BCUT2D eigenvalue weighted by Gasteiger charge is 2.40. The van der Waals surface area contributed by atoms with E-state index in [9.17, 15) is 9.59 Å². The summed E-state index contributed by atoms with van der Waals surface area (Å²) in [5, 5.41) is 1.39. The lowest BCUT2D eigenvalue weighted by atomic mass is 10.0. The predicted molar refractivity (Wildman–Crippen MR) is 165 cm³/mol. The molecule has 2 amide bonds. The van der Waals surface area contributed by atoms with E-state index in [4.69, 9.17) is 18.9 Å². The molecule has 4 fully saturated rings. The van der Waals surface area contributed by atoms with Crippen LogP contribution in [0.4, 0.5) is 0 Å². The summed E-state index contributed by atoms with van der Waals surface area (Å²) in [5.41, 5.74) is 0.946. The van der Waals surface area contributed by atoms with Gasteiger partial charge in [0.1, 0.15) is 0 Å². The molecule has 4 aliphatic rings. The van der Waals surface area contributed by atoms with Gasteiger partial charge in [-0.15, -0.1) is 34.0 Å². The van der Waals surface area contributed by atoms with Crippen LogP contribution in [0.2, 0.25) is 0 Å². The molecule has 13 heteroatoms.